The van der Waals surface area contributed by atoms with E-state index in [1.165, 1.54) is 14.0 Å². The summed E-state index contributed by atoms with van der Waals surface area (Å²) < 4.78 is 4.62. The number of rotatable bonds is 2. The van der Waals surface area contributed by atoms with Crippen molar-refractivity contribution in [1.82, 2.24) is 0 Å². The van der Waals surface area contributed by atoms with Crippen LogP contribution in [0.25, 0.3) is 6.08 Å². The molecule has 1 aromatic carbocycles. The number of methoxy groups -OCH3 is 1. The van der Waals surface area contributed by atoms with Crippen LogP contribution in [0.3, 0.4) is 0 Å². The summed E-state index contributed by atoms with van der Waals surface area (Å²) in [7, 11) is 1.26. The minimum Gasteiger partial charge on any atom is -0.465 e. The fraction of sp³-hybridized carbons (Fsp3) is 0.143. The van der Waals surface area contributed by atoms with Crippen LogP contribution in [0.2, 0.25) is 0 Å². The van der Waals surface area contributed by atoms with Crippen LogP contribution in [-0.2, 0) is 14.3 Å². The Morgan fingerprint density at radius 2 is 1.89 bits per heavy atom. The average molecular weight is 243 g/mol. The van der Waals surface area contributed by atoms with Gasteiger partial charge in [-0.15, -0.1) is 0 Å². The third-order valence-electron chi connectivity index (χ3n) is 2.67. The van der Waals surface area contributed by atoms with Gasteiger partial charge in [0.25, 0.3) is 0 Å². The summed E-state index contributed by atoms with van der Waals surface area (Å²) >= 11 is 0. The molecule has 18 heavy (non-hydrogen) atoms. The fourth-order valence-electron chi connectivity index (χ4n) is 1.81. The van der Waals surface area contributed by atoms with E-state index in [2.05, 4.69) is 10.1 Å². The van der Waals surface area contributed by atoms with Gasteiger partial charge in [0.2, 0.25) is 0 Å². The lowest BCUT2D eigenvalue weighted by Crippen LogP contribution is -2.18. The fourth-order valence-corrected chi connectivity index (χ4v) is 1.81. The highest BCUT2D eigenvalue weighted by Gasteiger charge is 2.21. The van der Waals surface area contributed by atoms with Gasteiger partial charge in [-0.25, -0.2) is 4.79 Å². The number of nitrogens with one attached hydrogen (secondary N) is 1. The van der Waals surface area contributed by atoms with Gasteiger partial charge in [-0.1, -0.05) is 24.3 Å². The summed E-state index contributed by atoms with van der Waals surface area (Å²) in [5.41, 5.74) is 2.36. The van der Waals surface area contributed by atoms with Gasteiger partial charge in [0.15, 0.2) is 5.78 Å². The van der Waals surface area contributed by atoms with Crippen molar-refractivity contribution in [3.8, 4) is 0 Å². The number of para-hydroxylation sites is 1. The Bertz CT molecular complexity index is 570. The maximum atomic E-state index is 11.6. The molecule has 4 nitrogen and oxygen atoms in total. The number of hydrogen-bond donors (Lipinski definition) is 1. The number of esters is 1. The number of fused-ring (bicyclic) bond motifs is 1. The second-order valence-corrected chi connectivity index (χ2v) is 3.88. The molecule has 0 bridgehead atoms. The van der Waals surface area contributed by atoms with Gasteiger partial charge in [0.1, 0.15) is 5.57 Å². The quantitative estimate of drug-likeness (QED) is 0.374. The second-order valence-electron chi connectivity index (χ2n) is 3.88. The molecule has 0 aromatic heterocycles. The molecule has 1 N–H and O–H groups in total. The first-order chi connectivity index (χ1) is 8.63. The Labute approximate surface area is 105 Å². The first kappa shape index (κ1) is 12.1. The summed E-state index contributed by atoms with van der Waals surface area (Å²) in [5, 5.41) is 3.06. The van der Waals surface area contributed by atoms with Crippen molar-refractivity contribution in [2.24, 2.45) is 0 Å². The number of hydrogen-bond acceptors (Lipinski definition) is 4. The number of allylic oxidation sites excluding steroid dienone is 1. The maximum absolute atomic E-state index is 11.6. The minimum absolute atomic E-state index is 0.0308. The number of carbonyl (C=O) groups excluding carboxylic acids is 2. The Hall–Kier alpha value is -2.36. The van der Waals surface area contributed by atoms with E-state index >= 15 is 0 Å². The van der Waals surface area contributed by atoms with Gasteiger partial charge in [-0.3, -0.25) is 4.79 Å². The lowest BCUT2D eigenvalue weighted by molar-refractivity contribution is -0.137. The largest absolute Gasteiger partial charge is 0.465 e. The van der Waals surface area contributed by atoms with E-state index in [0.717, 1.165) is 11.3 Å². The van der Waals surface area contributed by atoms with Gasteiger partial charge < -0.3 is 10.1 Å². The zero-order chi connectivity index (χ0) is 13.1. The van der Waals surface area contributed by atoms with Crippen LogP contribution in [0.5, 0.6) is 0 Å². The van der Waals surface area contributed by atoms with Crippen molar-refractivity contribution >= 4 is 23.5 Å². The molecule has 92 valence electrons. The lowest BCUT2D eigenvalue weighted by atomic mass is 10.0. The molecule has 0 radical (unpaired) electrons. The third-order valence-corrected chi connectivity index (χ3v) is 2.67. The monoisotopic (exact) mass is 243 g/mol. The van der Waals surface area contributed by atoms with E-state index < -0.39 is 5.97 Å². The molecule has 1 heterocycles. The highest BCUT2D eigenvalue weighted by Crippen LogP contribution is 2.26. The summed E-state index contributed by atoms with van der Waals surface area (Å²) in [5.74, 6) is -0.956. The highest BCUT2D eigenvalue weighted by molar-refractivity contribution is 6.18. The molecular formula is C14H13NO3. The third kappa shape index (κ3) is 2.18. The minimum atomic E-state index is -0.631. The molecule has 1 aliphatic rings. The molecule has 0 saturated carbocycles. The first-order valence-corrected chi connectivity index (χ1v) is 5.51. The average Bonchev–Trinajstić information content (AvgIpc) is 2.38. The van der Waals surface area contributed by atoms with Crippen LogP contribution < -0.4 is 5.32 Å². The van der Waals surface area contributed by atoms with Gasteiger partial charge in [-0.05, 0) is 24.6 Å². The molecule has 0 amide bonds. The smallest absolute Gasteiger partial charge is 0.343 e. The Kier molecular flexibility index (Phi) is 3.28. The molecule has 1 aliphatic heterocycles. The number of Topliss-reactive ketones (excluding diaryl/α,β-unsaturated/α-hetero) is 1. The summed E-state index contributed by atoms with van der Waals surface area (Å²) in [6, 6.07) is 7.63. The molecule has 2 rings (SSSR count). The number of carbonyl (C=O) groups is 2. The highest BCUT2D eigenvalue weighted by atomic mass is 16.5. The van der Waals surface area contributed by atoms with Gasteiger partial charge >= 0.3 is 5.97 Å². The van der Waals surface area contributed by atoms with E-state index in [1.54, 1.807) is 6.08 Å². The summed E-state index contributed by atoms with van der Waals surface area (Å²) in [6.45, 7) is 1.34. The van der Waals surface area contributed by atoms with Crippen LogP contribution in [0.1, 0.15) is 12.5 Å². The van der Waals surface area contributed by atoms with Crippen molar-refractivity contribution in [2.45, 2.75) is 6.92 Å². The molecule has 0 atom stereocenters. The molecular weight excluding hydrogens is 230 g/mol. The zero-order valence-electron chi connectivity index (χ0n) is 10.2. The number of ketones is 1. The van der Waals surface area contributed by atoms with Gasteiger partial charge in [0.05, 0.1) is 12.8 Å². The van der Waals surface area contributed by atoms with Crippen LogP contribution in [-0.4, -0.2) is 18.9 Å². The maximum Gasteiger partial charge on any atom is 0.343 e. The van der Waals surface area contributed by atoms with Crippen molar-refractivity contribution in [2.75, 3.05) is 12.4 Å². The summed E-state index contributed by atoms with van der Waals surface area (Å²) in [4.78, 5) is 23.1. The Balaban J connectivity index is 2.47. The number of ether oxygens (including phenoxy) is 1. The van der Waals surface area contributed by atoms with E-state index in [1.807, 2.05) is 30.3 Å². The summed E-state index contributed by atoms with van der Waals surface area (Å²) in [6.07, 6.45) is 3.56. The van der Waals surface area contributed by atoms with Crippen LogP contribution in [0.15, 0.2) is 41.6 Å². The van der Waals surface area contributed by atoms with Crippen molar-refractivity contribution in [3.05, 3.63) is 47.2 Å². The Morgan fingerprint density at radius 1 is 1.17 bits per heavy atom. The van der Waals surface area contributed by atoms with Crippen molar-refractivity contribution in [1.29, 1.82) is 0 Å². The van der Waals surface area contributed by atoms with Crippen LogP contribution in [0, 0.1) is 0 Å². The molecule has 0 unspecified atom stereocenters. The molecule has 0 saturated heterocycles. The zero-order valence-corrected chi connectivity index (χ0v) is 10.2. The topological polar surface area (TPSA) is 55.4 Å². The second kappa shape index (κ2) is 4.87. The van der Waals surface area contributed by atoms with E-state index in [0.29, 0.717) is 5.70 Å². The lowest BCUT2D eigenvalue weighted by Gasteiger charge is -2.17. The molecule has 1 aromatic rings. The van der Waals surface area contributed by atoms with E-state index in [-0.39, 0.29) is 11.4 Å². The number of benzene rings is 1. The number of anilines is 1. The first-order valence-electron chi connectivity index (χ1n) is 5.51. The molecule has 0 aliphatic carbocycles. The van der Waals surface area contributed by atoms with Crippen LogP contribution >= 0.6 is 0 Å². The molecule has 4 heteroatoms. The normalized spacial score (nSPS) is 15.4. The van der Waals surface area contributed by atoms with Crippen molar-refractivity contribution in [3.63, 3.8) is 0 Å². The van der Waals surface area contributed by atoms with Crippen LogP contribution in [0.4, 0.5) is 5.69 Å². The van der Waals surface area contributed by atoms with Gasteiger partial charge in [0, 0.05) is 5.69 Å². The van der Waals surface area contributed by atoms with E-state index in [4.69, 9.17) is 0 Å². The predicted molar refractivity (Wildman–Crippen MR) is 68.8 cm³/mol. The van der Waals surface area contributed by atoms with E-state index in [9.17, 15) is 9.59 Å². The van der Waals surface area contributed by atoms with Crippen molar-refractivity contribution < 1.29 is 14.3 Å². The standard InChI is InChI=1S/C14H13NO3/c1-9(16)13(14(17)18-2)12-8-7-10-5-3-4-6-11(10)15-12/h3-8,15H,1-2H3/b13-12-. The predicted octanol–water partition coefficient (Wildman–Crippen LogP) is 2.14. The Morgan fingerprint density at radius 3 is 2.56 bits per heavy atom. The van der Waals surface area contributed by atoms with Gasteiger partial charge in [-0.2, -0.15) is 0 Å². The SMILES string of the molecule is COC(=O)/C(C(C)=O)=C1/C=Cc2ccccc2N1. The molecule has 0 fully saturated rings. The molecule has 0 spiro atoms.